The fourth-order valence-corrected chi connectivity index (χ4v) is 8.09. The molecular weight excluding hydrogens is 750 g/mol. The lowest BCUT2D eigenvalue weighted by molar-refractivity contribution is -0.160. The largest absolute Gasteiger partial charge is 0.507 e. The Balaban J connectivity index is 1.60. The second kappa shape index (κ2) is 16.0. The van der Waals surface area contributed by atoms with Gasteiger partial charge in [0.05, 0.1) is 47.7 Å². The average molecular weight is 802 g/mol. The Bertz CT molecular complexity index is 2400. The number of aryl methyl sites for hydroxylation is 1. The highest BCUT2D eigenvalue weighted by Crippen LogP contribution is 2.54. The number of aromatic hydroxyl groups is 2. The fourth-order valence-electron chi connectivity index (χ4n) is 8.09. The molecule has 2 aliphatic rings. The molecule has 0 spiro atoms. The molecule has 4 bridgehead atoms. The first-order valence-electron chi connectivity index (χ1n) is 19.1. The molecule has 0 radical (unpaired) electrons. The van der Waals surface area contributed by atoms with E-state index in [-0.39, 0.29) is 49.9 Å². The third-order valence-electron chi connectivity index (χ3n) is 11.5. The summed E-state index contributed by atoms with van der Waals surface area (Å²) in [7, 11) is 1.44. The molecule has 0 aliphatic carbocycles. The first-order valence-corrected chi connectivity index (χ1v) is 19.1. The number of hydrogen-bond acceptors (Lipinski definition) is 13. The number of methoxy groups -OCH3 is 1. The van der Waals surface area contributed by atoms with Crippen molar-refractivity contribution in [2.45, 2.75) is 92.2 Å². The molecule has 9 atom stereocenters. The summed E-state index contributed by atoms with van der Waals surface area (Å²) in [5.74, 6) is -7.86. The van der Waals surface area contributed by atoms with Crippen LogP contribution in [0.25, 0.3) is 27.5 Å². The van der Waals surface area contributed by atoms with Crippen LogP contribution in [0.4, 0.5) is 5.69 Å². The number of nitrogens with one attached hydrogen (secondary N) is 1. The number of phenols is 2. The van der Waals surface area contributed by atoms with Gasteiger partial charge in [-0.1, -0.05) is 45.9 Å². The molecule has 2 aromatic heterocycles. The summed E-state index contributed by atoms with van der Waals surface area (Å²) in [6.07, 6.45) is 5.31. The molecule has 0 unspecified atom stereocenters. The van der Waals surface area contributed by atoms with Gasteiger partial charge in [-0.25, -0.2) is 4.98 Å². The van der Waals surface area contributed by atoms with Gasteiger partial charge in [0, 0.05) is 61.8 Å². The second-order valence-electron chi connectivity index (χ2n) is 15.6. The topological polar surface area (TPSA) is 219 Å². The van der Waals surface area contributed by atoms with E-state index in [9.17, 15) is 39.9 Å². The van der Waals surface area contributed by atoms with Gasteiger partial charge in [-0.2, -0.15) is 0 Å². The molecule has 0 saturated heterocycles. The second-order valence-corrected chi connectivity index (χ2v) is 15.6. The molecule has 6 N–H and O–H groups in total. The fraction of sp³-hybridized carbons (Fsp3) is 0.442. The quantitative estimate of drug-likeness (QED) is 0.114. The van der Waals surface area contributed by atoms with Crippen molar-refractivity contribution in [1.82, 2.24) is 9.38 Å². The Morgan fingerprint density at radius 1 is 1.02 bits per heavy atom. The summed E-state index contributed by atoms with van der Waals surface area (Å²) in [5.41, 5.74) is 1.36. The maximum atomic E-state index is 14.6. The van der Waals surface area contributed by atoms with Crippen LogP contribution in [-0.2, 0) is 30.4 Å². The van der Waals surface area contributed by atoms with E-state index >= 15 is 0 Å². The molecule has 2 aliphatic heterocycles. The molecule has 15 nitrogen and oxygen atoms in total. The number of anilines is 1. The van der Waals surface area contributed by atoms with Gasteiger partial charge in [0.15, 0.2) is 5.75 Å². The molecule has 310 valence electrons. The number of hydrogen-bond donors (Lipinski definition) is 6. The highest BCUT2D eigenvalue weighted by molar-refractivity contribution is 6.28. The van der Waals surface area contributed by atoms with Crippen LogP contribution in [0, 0.1) is 30.6 Å². The number of fused-ring (bicyclic) bond motifs is 2. The summed E-state index contributed by atoms with van der Waals surface area (Å²) in [4.78, 5) is 45.6. The summed E-state index contributed by atoms with van der Waals surface area (Å²) in [6.45, 7) is 12.1. The van der Waals surface area contributed by atoms with Gasteiger partial charge in [0.1, 0.15) is 40.0 Å². The minimum Gasteiger partial charge on any atom is -0.507 e. The molecular formula is C43H51N3O12. The Kier molecular flexibility index (Phi) is 11.7. The van der Waals surface area contributed by atoms with Crippen LogP contribution in [0.3, 0.4) is 0 Å². The Hall–Kier alpha value is -5.48. The van der Waals surface area contributed by atoms with Crippen molar-refractivity contribution >= 4 is 50.8 Å². The van der Waals surface area contributed by atoms with Gasteiger partial charge >= 0.3 is 11.8 Å². The summed E-state index contributed by atoms with van der Waals surface area (Å²) >= 11 is 0. The number of aromatic nitrogens is 2. The number of pyridine rings is 1. The van der Waals surface area contributed by atoms with E-state index in [0.29, 0.717) is 5.65 Å². The van der Waals surface area contributed by atoms with Crippen molar-refractivity contribution in [2.75, 3.05) is 12.4 Å². The van der Waals surface area contributed by atoms with Crippen molar-refractivity contribution in [3.63, 3.8) is 0 Å². The van der Waals surface area contributed by atoms with Crippen LogP contribution in [-0.4, -0.2) is 89.9 Å². The molecule has 6 rings (SSSR count). The van der Waals surface area contributed by atoms with E-state index in [0.717, 1.165) is 5.56 Å². The highest BCUT2D eigenvalue weighted by Gasteiger charge is 2.50. The summed E-state index contributed by atoms with van der Waals surface area (Å²) in [5, 5.41) is 59.7. The molecule has 1 amide bonds. The zero-order valence-corrected chi connectivity index (χ0v) is 33.9. The minimum atomic E-state index is -2.07. The van der Waals surface area contributed by atoms with Crippen molar-refractivity contribution in [3.8, 4) is 17.2 Å². The number of aliphatic hydroxyl groups is 3. The number of carbonyl (C=O) groups excluding carboxylic acids is 3. The Morgan fingerprint density at radius 2 is 1.72 bits per heavy atom. The van der Waals surface area contributed by atoms with Gasteiger partial charge in [-0.05, 0) is 37.6 Å². The number of aliphatic hydroxyl groups excluding tert-OH is 3. The van der Waals surface area contributed by atoms with Gasteiger partial charge in [-0.15, -0.1) is 0 Å². The smallest absolute Gasteiger partial charge is 0.312 e. The lowest BCUT2D eigenvalue weighted by atomic mass is 9.78. The number of benzene rings is 2. The first kappa shape index (κ1) is 42.1. The number of carbonyl (C=O) groups is 3. The van der Waals surface area contributed by atoms with Crippen LogP contribution < -0.4 is 10.1 Å². The predicted molar refractivity (Wildman–Crippen MR) is 214 cm³/mol. The molecule has 0 saturated carbocycles. The number of ketones is 1. The third-order valence-corrected chi connectivity index (χ3v) is 11.5. The molecule has 2 aromatic carbocycles. The minimum absolute atomic E-state index is 0.00411. The maximum Gasteiger partial charge on any atom is 0.312 e. The number of phenolic OH excluding ortho intramolecular Hbond substituents is 1. The number of Topliss-reactive ketones (excluding diaryl/α,β-unsaturated/α-hetero) is 1. The number of esters is 1. The van der Waals surface area contributed by atoms with Crippen LogP contribution in [0.15, 0.2) is 54.5 Å². The zero-order chi connectivity index (χ0) is 42.5. The average Bonchev–Trinajstić information content (AvgIpc) is 3.68. The molecule has 15 heteroatoms. The van der Waals surface area contributed by atoms with Gasteiger partial charge in [0.25, 0.3) is 11.7 Å². The highest BCUT2D eigenvalue weighted by atomic mass is 16.7. The van der Waals surface area contributed by atoms with Gasteiger partial charge in [-0.3, -0.25) is 18.8 Å². The van der Waals surface area contributed by atoms with Crippen LogP contribution in [0.2, 0.25) is 0 Å². The number of amides is 1. The van der Waals surface area contributed by atoms with Crippen molar-refractivity contribution in [3.05, 3.63) is 71.2 Å². The standard InChI is InChI=1S/C43H51N3O12/c1-19-13-15-46-28(17-19)44-32-29-30-37(51)26(18-47)40-31(29)41(53)43(8,58-40)56-16-14-27(55-9)22(4)39(57-25(7)48)24(6)36(50)23(5)35(49)20(2)11-10-12-21(3)42(54)45-33(34(32)46)38(30)52/h10-17,20,22-24,27,35-36,39,47,49-52H,18H2,1-9H3,(H,45,54)/b11-10+,16-14+,21-12-/t20-,22+,23+,24+,27-,35-,36+,39+,43-/m0/s1. The van der Waals surface area contributed by atoms with E-state index in [2.05, 4.69) is 5.32 Å². The number of ether oxygens (including phenoxy) is 4. The zero-order valence-electron chi connectivity index (χ0n) is 33.9. The Morgan fingerprint density at radius 3 is 2.38 bits per heavy atom. The van der Waals surface area contributed by atoms with E-state index in [1.807, 2.05) is 6.92 Å². The number of imidazole rings is 1. The number of rotatable bonds is 3. The monoisotopic (exact) mass is 801 g/mol. The van der Waals surface area contributed by atoms with Crippen molar-refractivity contribution in [1.29, 1.82) is 0 Å². The van der Waals surface area contributed by atoms with E-state index < -0.39 is 89.6 Å². The Labute approximate surface area is 335 Å². The molecule has 0 fully saturated rings. The van der Waals surface area contributed by atoms with Crippen LogP contribution in [0.5, 0.6) is 17.2 Å². The molecule has 58 heavy (non-hydrogen) atoms. The van der Waals surface area contributed by atoms with Crippen molar-refractivity contribution in [2.24, 2.45) is 23.7 Å². The maximum absolute atomic E-state index is 14.6. The normalized spacial score (nSPS) is 30.5. The molecule has 4 heterocycles. The van der Waals surface area contributed by atoms with Crippen molar-refractivity contribution < 1.29 is 58.9 Å². The molecule has 4 aromatic rings. The summed E-state index contributed by atoms with van der Waals surface area (Å²) < 4.78 is 25.3. The summed E-state index contributed by atoms with van der Waals surface area (Å²) in [6, 6.07) is 3.58. The third kappa shape index (κ3) is 7.16. The lowest BCUT2D eigenvalue weighted by Gasteiger charge is -2.38. The van der Waals surface area contributed by atoms with Gasteiger partial charge < -0.3 is 49.8 Å². The number of nitrogens with zero attached hydrogens (tertiary/aromatic N) is 2. The van der Waals surface area contributed by atoms with E-state index in [1.54, 1.807) is 69.5 Å². The number of allylic oxidation sites excluding steroid dienone is 2. The van der Waals surface area contributed by atoms with Crippen LogP contribution in [0.1, 0.15) is 70.0 Å². The SMILES string of the molecule is CO[C@H]1/C=C/O[C@@]2(C)Oc3c(CO)c(O)c4c(O)c(c5c(nc6cc(C)ccn65)c4c3C2=O)NC(=O)/C(C)=C\C=C\[C@H](C)[C@H](O)[C@@H](C)[C@@H](O)[C@@H](C)[C@H](OC(C)=O)[C@@H]1C. The lowest BCUT2D eigenvalue weighted by Crippen LogP contribution is -2.46. The van der Waals surface area contributed by atoms with E-state index in [1.165, 1.54) is 39.4 Å². The van der Waals surface area contributed by atoms with Gasteiger partial charge in [0.2, 0.25) is 0 Å². The first-order chi connectivity index (χ1) is 27.4. The predicted octanol–water partition coefficient (Wildman–Crippen LogP) is 5.34. The van der Waals surface area contributed by atoms with Crippen LogP contribution >= 0.6 is 0 Å². The van der Waals surface area contributed by atoms with E-state index in [4.69, 9.17) is 23.9 Å².